The fourth-order valence-corrected chi connectivity index (χ4v) is 4.30. The third-order valence-electron chi connectivity index (χ3n) is 6.27. The summed E-state index contributed by atoms with van der Waals surface area (Å²) >= 11 is 0. The largest absolute Gasteiger partial charge is 0.493 e. The molecule has 3 rings (SSSR count). The molecular formula is C25H32N2O5. The lowest BCUT2D eigenvalue weighted by atomic mass is 9.87. The number of hydrogen-bond donors (Lipinski definition) is 0. The van der Waals surface area contributed by atoms with E-state index < -0.39 is 0 Å². The first-order chi connectivity index (χ1) is 15.4. The second-order valence-corrected chi connectivity index (χ2v) is 8.05. The van der Waals surface area contributed by atoms with E-state index in [0.717, 1.165) is 11.1 Å². The summed E-state index contributed by atoms with van der Waals surface area (Å²) < 4.78 is 16.5. The Bertz CT molecular complexity index is 965. The van der Waals surface area contributed by atoms with Crippen molar-refractivity contribution in [3.63, 3.8) is 0 Å². The average Bonchev–Trinajstić information content (AvgIpc) is 3.27. The number of ether oxygens (including phenoxy) is 3. The molecule has 0 N–H and O–H groups in total. The van der Waals surface area contributed by atoms with Gasteiger partial charge in [-0.2, -0.15) is 0 Å². The van der Waals surface area contributed by atoms with Crippen molar-refractivity contribution < 1.29 is 23.8 Å². The molecular weight excluding hydrogens is 408 g/mol. The molecule has 1 fully saturated rings. The van der Waals surface area contributed by atoms with Gasteiger partial charge in [0.15, 0.2) is 11.5 Å². The zero-order chi connectivity index (χ0) is 23.4. The Morgan fingerprint density at radius 3 is 2.19 bits per heavy atom. The third kappa shape index (κ3) is 4.38. The van der Waals surface area contributed by atoms with Crippen LogP contribution in [-0.4, -0.2) is 69.6 Å². The summed E-state index contributed by atoms with van der Waals surface area (Å²) in [6, 6.07) is 11.3. The van der Waals surface area contributed by atoms with Crippen LogP contribution >= 0.6 is 0 Å². The highest BCUT2D eigenvalue weighted by Gasteiger charge is 2.42. The molecule has 172 valence electrons. The molecule has 0 radical (unpaired) electrons. The van der Waals surface area contributed by atoms with Crippen LogP contribution in [0.5, 0.6) is 17.2 Å². The normalized spacial score (nSPS) is 17.8. The number of methoxy groups -OCH3 is 3. The van der Waals surface area contributed by atoms with Crippen LogP contribution in [0.1, 0.15) is 34.3 Å². The van der Waals surface area contributed by atoms with E-state index in [-0.39, 0.29) is 23.7 Å². The SMILES string of the molecule is CCN(C)C(=O)[C@@H]1CN(C(=O)c2ccccc2C)C[C@@H]1c1cc(OC)c(OC)c(OC)c1. The van der Waals surface area contributed by atoms with Gasteiger partial charge < -0.3 is 24.0 Å². The Labute approximate surface area is 189 Å². The molecule has 2 atom stereocenters. The molecule has 1 saturated heterocycles. The molecule has 0 aliphatic carbocycles. The molecule has 2 aromatic carbocycles. The van der Waals surface area contributed by atoms with Crippen LogP contribution in [0.15, 0.2) is 36.4 Å². The fourth-order valence-electron chi connectivity index (χ4n) is 4.30. The first-order valence-corrected chi connectivity index (χ1v) is 10.8. The number of rotatable bonds is 7. The summed E-state index contributed by atoms with van der Waals surface area (Å²) in [4.78, 5) is 30.1. The first kappa shape index (κ1) is 23.4. The van der Waals surface area contributed by atoms with Crippen molar-refractivity contribution in [2.75, 3.05) is 48.0 Å². The van der Waals surface area contributed by atoms with Crippen molar-refractivity contribution in [1.29, 1.82) is 0 Å². The lowest BCUT2D eigenvalue weighted by Crippen LogP contribution is -2.37. The summed E-state index contributed by atoms with van der Waals surface area (Å²) in [7, 11) is 6.48. The van der Waals surface area contributed by atoms with Gasteiger partial charge in [-0.25, -0.2) is 0 Å². The van der Waals surface area contributed by atoms with Gasteiger partial charge in [-0.05, 0) is 43.2 Å². The molecule has 2 amide bonds. The molecule has 0 unspecified atom stereocenters. The first-order valence-electron chi connectivity index (χ1n) is 10.8. The van der Waals surface area contributed by atoms with Crippen LogP contribution in [0.2, 0.25) is 0 Å². The molecule has 32 heavy (non-hydrogen) atoms. The number of aryl methyl sites for hydroxylation is 1. The van der Waals surface area contributed by atoms with Gasteiger partial charge in [0.25, 0.3) is 5.91 Å². The lowest BCUT2D eigenvalue weighted by molar-refractivity contribution is -0.133. The van der Waals surface area contributed by atoms with Gasteiger partial charge >= 0.3 is 0 Å². The molecule has 7 heteroatoms. The molecule has 1 heterocycles. The highest BCUT2D eigenvalue weighted by atomic mass is 16.5. The third-order valence-corrected chi connectivity index (χ3v) is 6.27. The van der Waals surface area contributed by atoms with E-state index in [1.165, 1.54) is 0 Å². The maximum atomic E-state index is 13.3. The number of likely N-dealkylation sites (tertiary alicyclic amines) is 1. The average molecular weight is 441 g/mol. The predicted molar refractivity (Wildman–Crippen MR) is 123 cm³/mol. The maximum absolute atomic E-state index is 13.3. The van der Waals surface area contributed by atoms with Gasteiger partial charge in [0, 0.05) is 38.2 Å². The highest BCUT2D eigenvalue weighted by molar-refractivity contribution is 5.96. The van der Waals surface area contributed by atoms with Crippen molar-refractivity contribution in [2.45, 2.75) is 19.8 Å². The molecule has 1 aliphatic rings. The Hall–Kier alpha value is -3.22. The van der Waals surface area contributed by atoms with Crippen molar-refractivity contribution >= 4 is 11.8 Å². The molecule has 0 spiro atoms. The Kier molecular flexibility index (Phi) is 7.28. The molecule has 0 saturated carbocycles. The highest BCUT2D eigenvalue weighted by Crippen LogP contribution is 2.43. The lowest BCUT2D eigenvalue weighted by Gasteiger charge is -2.24. The van der Waals surface area contributed by atoms with E-state index in [2.05, 4.69) is 0 Å². The minimum absolute atomic E-state index is 0.0198. The minimum atomic E-state index is -0.365. The molecule has 2 aromatic rings. The van der Waals surface area contributed by atoms with Crippen molar-refractivity contribution in [2.24, 2.45) is 5.92 Å². The van der Waals surface area contributed by atoms with Gasteiger partial charge in [0.2, 0.25) is 11.7 Å². The van der Waals surface area contributed by atoms with Crippen molar-refractivity contribution in [1.82, 2.24) is 9.80 Å². The van der Waals surface area contributed by atoms with E-state index in [1.807, 2.05) is 50.2 Å². The summed E-state index contributed by atoms with van der Waals surface area (Å²) in [5.74, 6) is 0.953. The van der Waals surface area contributed by atoms with Crippen LogP contribution in [0.4, 0.5) is 0 Å². The summed E-state index contributed by atoms with van der Waals surface area (Å²) in [6.07, 6.45) is 0. The van der Waals surface area contributed by atoms with Gasteiger partial charge in [-0.3, -0.25) is 9.59 Å². The Morgan fingerprint density at radius 1 is 1.03 bits per heavy atom. The number of carbonyl (C=O) groups is 2. The molecule has 7 nitrogen and oxygen atoms in total. The monoisotopic (exact) mass is 440 g/mol. The van der Waals surface area contributed by atoms with Crippen LogP contribution in [0.3, 0.4) is 0 Å². The zero-order valence-corrected chi connectivity index (χ0v) is 19.7. The van der Waals surface area contributed by atoms with Crippen LogP contribution in [0.25, 0.3) is 0 Å². The zero-order valence-electron chi connectivity index (χ0n) is 19.7. The van der Waals surface area contributed by atoms with Crippen molar-refractivity contribution in [3.8, 4) is 17.2 Å². The topological polar surface area (TPSA) is 68.3 Å². The second kappa shape index (κ2) is 9.94. The van der Waals surface area contributed by atoms with Crippen molar-refractivity contribution in [3.05, 3.63) is 53.1 Å². The van der Waals surface area contributed by atoms with Gasteiger partial charge in [-0.1, -0.05) is 18.2 Å². The number of hydrogen-bond acceptors (Lipinski definition) is 5. The van der Waals surface area contributed by atoms with Crippen LogP contribution in [-0.2, 0) is 4.79 Å². The quantitative estimate of drug-likeness (QED) is 0.661. The fraction of sp³-hybridized carbons (Fsp3) is 0.440. The Morgan fingerprint density at radius 2 is 1.66 bits per heavy atom. The molecule has 0 aromatic heterocycles. The number of amides is 2. The predicted octanol–water partition coefficient (Wildman–Crippen LogP) is 3.35. The second-order valence-electron chi connectivity index (χ2n) is 8.05. The molecule has 1 aliphatic heterocycles. The summed E-state index contributed by atoms with van der Waals surface area (Å²) in [6.45, 7) is 5.26. The van der Waals surface area contributed by atoms with E-state index in [9.17, 15) is 9.59 Å². The maximum Gasteiger partial charge on any atom is 0.254 e. The van der Waals surface area contributed by atoms with Gasteiger partial charge in [0.05, 0.1) is 27.2 Å². The van der Waals surface area contributed by atoms with Gasteiger partial charge in [0.1, 0.15) is 0 Å². The van der Waals surface area contributed by atoms with E-state index >= 15 is 0 Å². The number of benzene rings is 2. The van der Waals surface area contributed by atoms with Crippen LogP contribution in [0, 0.1) is 12.8 Å². The summed E-state index contributed by atoms with van der Waals surface area (Å²) in [5, 5.41) is 0. The summed E-state index contributed by atoms with van der Waals surface area (Å²) in [5.41, 5.74) is 2.46. The van der Waals surface area contributed by atoms with Gasteiger partial charge in [-0.15, -0.1) is 0 Å². The van der Waals surface area contributed by atoms with E-state index in [1.54, 1.807) is 38.2 Å². The van der Waals surface area contributed by atoms with E-state index in [0.29, 0.717) is 42.4 Å². The Balaban J connectivity index is 2.03. The number of nitrogens with zero attached hydrogens (tertiary/aromatic N) is 2. The standard InChI is InChI=1S/C25H32N2O5/c1-7-26(3)24(28)20-15-27(25(29)18-11-9-8-10-16(18)2)14-19(20)17-12-21(30-4)23(32-6)22(13-17)31-5/h8-13,19-20H,7,14-15H2,1-6H3/t19-,20-/m1/s1. The smallest absolute Gasteiger partial charge is 0.254 e. The minimum Gasteiger partial charge on any atom is -0.493 e. The molecule has 0 bridgehead atoms. The van der Waals surface area contributed by atoms with Crippen LogP contribution < -0.4 is 14.2 Å². The van der Waals surface area contributed by atoms with E-state index in [4.69, 9.17) is 14.2 Å². The number of carbonyl (C=O) groups excluding carboxylic acids is 2.